The quantitative estimate of drug-likeness (QED) is 0.163. The number of rotatable bonds is 5. The molecule has 0 N–H and O–H groups in total. The minimum absolute atomic E-state index is 0.0661. The largest absolute Gasteiger partial charge is 0.289 e. The van der Waals surface area contributed by atoms with Gasteiger partial charge in [0.1, 0.15) is 5.01 Å². The molecule has 0 saturated carbocycles. The van der Waals surface area contributed by atoms with Crippen LogP contribution in [0, 0.1) is 0 Å². The summed E-state index contributed by atoms with van der Waals surface area (Å²) in [6.07, 6.45) is 3.38. The van der Waals surface area contributed by atoms with Crippen molar-refractivity contribution in [2.24, 2.45) is 0 Å². The van der Waals surface area contributed by atoms with Crippen LogP contribution in [0.15, 0.2) is 93.9 Å². The van der Waals surface area contributed by atoms with Crippen molar-refractivity contribution >= 4 is 60.0 Å². The number of aromatic nitrogens is 3. The molecule has 0 spiro atoms. The van der Waals surface area contributed by atoms with Gasteiger partial charge in [0.05, 0.1) is 11.4 Å². The Morgan fingerprint density at radius 1 is 0.906 bits per heavy atom. The van der Waals surface area contributed by atoms with Crippen LogP contribution in [-0.2, 0) is 0 Å². The van der Waals surface area contributed by atoms with Crippen molar-refractivity contribution in [3.63, 3.8) is 0 Å². The number of nitrogens with zero attached hydrogens (tertiary/aromatic N) is 3. The second-order valence-corrected chi connectivity index (χ2v) is 9.72. The number of ketones is 1. The van der Waals surface area contributed by atoms with Crippen molar-refractivity contribution in [1.29, 1.82) is 0 Å². The maximum atomic E-state index is 12.7. The number of hydrogen-bond donors (Lipinski definition) is 0. The van der Waals surface area contributed by atoms with Gasteiger partial charge >= 0.3 is 0 Å². The summed E-state index contributed by atoms with van der Waals surface area (Å²) in [6.45, 7) is 0. The van der Waals surface area contributed by atoms with Crippen molar-refractivity contribution in [2.45, 2.75) is 0 Å². The third kappa shape index (κ3) is 4.11. The van der Waals surface area contributed by atoms with Crippen molar-refractivity contribution < 1.29 is 4.79 Å². The van der Waals surface area contributed by atoms with Crippen molar-refractivity contribution in [2.75, 3.05) is 0 Å². The number of imidazole rings is 1. The molecule has 0 saturated heterocycles. The van der Waals surface area contributed by atoms with E-state index in [0.29, 0.717) is 5.56 Å². The van der Waals surface area contributed by atoms with E-state index in [0.717, 1.165) is 41.4 Å². The fourth-order valence-electron chi connectivity index (χ4n) is 3.33. The topological polar surface area (TPSA) is 47.3 Å². The first-order chi connectivity index (χ1) is 15.6. The first kappa shape index (κ1) is 21.0. The third-order valence-corrected chi connectivity index (χ3v) is 7.07. The van der Waals surface area contributed by atoms with Crippen molar-refractivity contribution in [3.8, 4) is 21.8 Å². The molecule has 0 aliphatic carbocycles. The first-order valence-corrected chi connectivity index (χ1v) is 12.2. The molecule has 0 bridgehead atoms. The predicted molar refractivity (Wildman–Crippen MR) is 137 cm³/mol. The summed E-state index contributed by atoms with van der Waals surface area (Å²) in [7, 11) is 0. The molecule has 0 fully saturated rings. The number of carbonyl (C=O) groups excluding carboxylic acids is 1. The molecular formula is C25H15Br2N3OS. The van der Waals surface area contributed by atoms with Crippen molar-refractivity contribution in [1.82, 2.24) is 14.6 Å². The summed E-state index contributed by atoms with van der Waals surface area (Å²) in [6, 6.07) is 25.2. The van der Waals surface area contributed by atoms with Gasteiger partial charge in [-0.1, -0.05) is 104 Å². The van der Waals surface area contributed by atoms with Gasteiger partial charge in [-0.2, -0.15) is 5.10 Å². The second kappa shape index (κ2) is 8.94. The highest BCUT2D eigenvalue weighted by Crippen LogP contribution is 2.35. The highest BCUT2D eigenvalue weighted by atomic mass is 79.9. The number of allylic oxidation sites excluding steroid dienone is 1. The molecule has 0 radical (unpaired) electrons. The SMILES string of the molecule is O=C(/C=C/c1c(-c2ccc(Br)cc2)nc2sc(-c3ccccc3Br)nn12)c1ccccc1. The maximum absolute atomic E-state index is 12.7. The van der Waals surface area contributed by atoms with Gasteiger partial charge in [0.2, 0.25) is 4.96 Å². The van der Waals surface area contributed by atoms with Crippen LogP contribution in [0.5, 0.6) is 0 Å². The molecule has 0 atom stereocenters. The van der Waals surface area contributed by atoms with Crippen molar-refractivity contribution in [3.05, 3.63) is 105 Å². The molecule has 3 aromatic carbocycles. The van der Waals surface area contributed by atoms with Gasteiger partial charge in [-0.05, 0) is 30.4 Å². The fraction of sp³-hybridized carbons (Fsp3) is 0. The third-order valence-electron chi connectivity index (χ3n) is 4.91. The van der Waals surface area contributed by atoms with E-state index in [1.54, 1.807) is 12.2 Å². The molecular weight excluding hydrogens is 550 g/mol. The zero-order chi connectivity index (χ0) is 22.1. The molecule has 0 aliphatic heterocycles. The Kier molecular flexibility index (Phi) is 5.87. The Morgan fingerprint density at radius 3 is 2.38 bits per heavy atom. The van der Waals surface area contributed by atoms with Gasteiger partial charge < -0.3 is 0 Å². The highest BCUT2D eigenvalue weighted by molar-refractivity contribution is 9.10. The number of fused-ring (bicyclic) bond motifs is 1. The number of benzene rings is 3. The van der Waals surface area contributed by atoms with E-state index in [9.17, 15) is 4.79 Å². The average Bonchev–Trinajstić information content (AvgIpc) is 3.37. The van der Waals surface area contributed by atoms with Crippen LogP contribution < -0.4 is 0 Å². The van der Waals surface area contributed by atoms with Gasteiger partial charge in [0, 0.05) is 25.6 Å². The summed E-state index contributed by atoms with van der Waals surface area (Å²) in [5.74, 6) is -0.0661. The molecule has 0 amide bonds. The van der Waals surface area contributed by atoms with Crippen LogP contribution in [-0.4, -0.2) is 20.4 Å². The Bertz CT molecular complexity index is 1450. The minimum Gasteiger partial charge on any atom is -0.289 e. The molecule has 2 heterocycles. The molecule has 4 nitrogen and oxygen atoms in total. The van der Waals surface area contributed by atoms with Crippen LogP contribution in [0.1, 0.15) is 16.1 Å². The molecule has 32 heavy (non-hydrogen) atoms. The van der Waals surface area contributed by atoms with Crippen LogP contribution in [0.3, 0.4) is 0 Å². The first-order valence-electron chi connectivity index (χ1n) is 9.78. The molecule has 5 rings (SSSR count). The Hall–Kier alpha value is -2.87. The average molecular weight is 565 g/mol. The molecule has 156 valence electrons. The lowest BCUT2D eigenvalue weighted by molar-refractivity contribution is 0.104. The summed E-state index contributed by atoms with van der Waals surface area (Å²) in [4.78, 5) is 18.3. The zero-order valence-corrected chi connectivity index (χ0v) is 20.6. The van der Waals surface area contributed by atoms with E-state index in [1.165, 1.54) is 11.3 Å². The number of halogens is 2. The normalized spacial score (nSPS) is 11.4. The van der Waals surface area contributed by atoms with Gasteiger partial charge in [-0.3, -0.25) is 4.79 Å². The lowest BCUT2D eigenvalue weighted by Gasteiger charge is -2.02. The second-order valence-electron chi connectivity index (χ2n) is 7.00. The van der Waals surface area contributed by atoms with Gasteiger partial charge in [-0.25, -0.2) is 9.50 Å². The standard InChI is InChI=1S/C25H15Br2N3OS/c26-18-12-10-17(11-13-18)23-21(14-15-22(31)16-6-2-1-3-7-16)30-25(28-23)32-24(29-30)19-8-4-5-9-20(19)27/h1-15H/b15-14+. The lowest BCUT2D eigenvalue weighted by Crippen LogP contribution is -1.95. The van der Waals surface area contributed by atoms with Crippen LogP contribution in [0.25, 0.3) is 32.9 Å². The molecule has 5 aromatic rings. The van der Waals surface area contributed by atoms with Gasteiger partial charge in [-0.15, -0.1) is 0 Å². The van der Waals surface area contributed by atoms with Crippen LogP contribution in [0.4, 0.5) is 0 Å². The minimum atomic E-state index is -0.0661. The van der Waals surface area contributed by atoms with Gasteiger partial charge in [0.25, 0.3) is 0 Å². The van der Waals surface area contributed by atoms with E-state index in [-0.39, 0.29) is 5.78 Å². The smallest absolute Gasteiger partial charge is 0.213 e. The monoisotopic (exact) mass is 563 g/mol. The van der Waals surface area contributed by atoms with Crippen LogP contribution >= 0.6 is 43.2 Å². The van der Waals surface area contributed by atoms with E-state index in [4.69, 9.17) is 10.1 Å². The summed E-state index contributed by atoms with van der Waals surface area (Å²) in [5.41, 5.74) is 4.15. The predicted octanol–water partition coefficient (Wildman–Crippen LogP) is 7.55. The maximum Gasteiger partial charge on any atom is 0.213 e. The fourth-order valence-corrected chi connectivity index (χ4v) is 5.14. The number of carbonyl (C=O) groups is 1. The Morgan fingerprint density at radius 2 is 1.62 bits per heavy atom. The molecule has 0 aliphatic rings. The van der Waals surface area contributed by atoms with E-state index in [2.05, 4.69) is 31.9 Å². The Balaban J connectivity index is 1.63. The highest BCUT2D eigenvalue weighted by Gasteiger charge is 2.18. The number of hydrogen-bond acceptors (Lipinski definition) is 4. The summed E-state index contributed by atoms with van der Waals surface area (Å²) < 4.78 is 3.78. The Labute approximate surface area is 205 Å². The summed E-state index contributed by atoms with van der Waals surface area (Å²) >= 11 is 8.60. The van der Waals surface area contributed by atoms with Gasteiger partial charge in [0.15, 0.2) is 5.78 Å². The van der Waals surface area contributed by atoms with E-state index >= 15 is 0 Å². The molecule has 7 heteroatoms. The summed E-state index contributed by atoms with van der Waals surface area (Å²) in [5, 5.41) is 5.68. The lowest BCUT2D eigenvalue weighted by atomic mass is 10.1. The zero-order valence-electron chi connectivity index (χ0n) is 16.6. The van der Waals surface area contributed by atoms with E-state index < -0.39 is 0 Å². The van der Waals surface area contributed by atoms with Crippen LogP contribution in [0.2, 0.25) is 0 Å². The molecule has 0 unspecified atom stereocenters. The molecule has 2 aromatic heterocycles. The van der Waals surface area contributed by atoms with E-state index in [1.807, 2.05) is 83.4 Å².